The van der Waals surface area contributed by atoms with Gasteiger partial charge < -0.3 is 10.1 Å². The first-order chi connectivity index (χ1) is 11.1. The van der Waals surface area contributed by atoms with E-state index in [1.807, 2.05) is 0 Å². The number of rotatable bonds is 7. The molecule has 0 aliphatic heterocycles. The van der Waals surface area contributed by atoms with E-state index in [1.165, 1.54) is 24.3 Å². The summed E-state index contributed by atoms with van der Waals surface area (Å²) in [5.74, 6) is -0.696. The van der Waals surface area contributed by atoms with E-state index in [4.69, 9.17) is 4.74 Å². The molecule has 2 rings (SSSR count). The van der Waals surface area contributed by atoms with Gasteiger partial charge in [0.2, 0.25) is 0 Å². The van der Waals surface area contributed by atoms with Gasteiger partial charge in [0.1, 0.15) is 17.4 Å². The molecule has 0 spiro atoms. The highest BCUT2D eigenvalue weighted by Gasteiger charge is 2.10. The maximum absolute atomic E-state index is 13.6. The molecule has 0 fully saturated rings. The summed E-state index contributed by atoms with van der Waals surface area (Å²) >= 11 is 3.14. The van der Waals surface area contributed by atoms with Crippen LogP contribution in [0.2, 0.25) is 0 Å². The van der Waals surface area contributed by atoms with Crippen molar-refractivity contribution in [1.29, 1.82) is 0 Å². The topological polar surface area (TPSA) is 38.3 Å². The molecule has 0 aliphatic carbocycles. The molecule has 0 aliphatic rings. The Morgan fingerprint density at radius 3 is 2.52 bits per heavy atom. The van der Waals surface area contributed by atoms with Gasteiger partial charge in [-0.1, -0.05) is 15.9 Å². The SMILES string of the molecule is O=C(NCCCCOc1ccc(F)cc1)c1ccc(Br)cc1F. The van der Waals surface area contributed by atoms with Crippen molar-refractivity contribution < 1.29 is 18.3 Å². The van der Waals surface area contributed by atoms with Crippen LogP contribution in [0.25, 0.3) is 0 Å². The summed E-state index contributed by atoms with van der Waals surface area (Å²) in [6.45, 7) is 0.898. The van der Waals surface area contributed by atoms with Gasteiger partial charge in [0.25, 0.3) is 5.91 Å². The van der Waals surface area contributed by atoms with Crippen LogP contribution in [0.3, 0.4) is 0 Å². The highest BCUT2D eigenvalue weighted by Crippen LogP contribution is 2.15. The molecule has 0 saturated heterocycles. The maximum Gasteiger partial charge on any atom is 0.254 e. The summed E-state index contributed by atoms with van der Waals surface area (Å²) < 4.78 is 32.4. The van der Waals surface area contributed by atoms with Crippen LogP contribution in [0, 0.1) is 11.6 Å². The molecule has 0 aromatic heterocycles. The standard InChI is InChI=1S/C17H16BrF2NO2/c18-12-3-8-15(16(20)11-12)17(22)21-9-1-2-10-23-14-6-4-13(19)5-7-14/h3-8,11H,1-2,9-10H2,(H,21,22). The second-order valence-electron chi connectivity index (χ2n) is 4.89. The largest absolute Gasteiger partial charge is 0.494 e. The van der Waals surface area contributed by atoms with Crippen LogP contribution in [0.15, 0.2) is 46.9 Å². The Hall–Kier alpha value is -1.95. The van der Waals surface area contributed by atoms with Crippen LogP contribution in [0.5, 0.6) is 5.75 Å². The summed E-state index contributed by atoms with van der Waals surface area (Å²) in [5.41, 5.74) is 0.0239. The number of nitrogens with one attached hydrogen (secondary N) is 1. The van der Waals surface area contributed by atoms with Crippen molar-refractivity contribution in [2.75, 3.05) is 13.2 Å². The van der Waals surface area contributed by atoms with E-state index < -0.39 is 11.7 Å². The Bertz CT molecular complexity index is 662. The lowest BCUT2D eigenvalue weighted by atomic mass is 10.2. The Kier molecular flexibility index (Phi) is 6.52. The smallest absolute Gasteiger partial charge is 0.254 e. The van der Waals surface area contributed by atoms with Crippen LogP contribution in [-0.2, 0) is 0 Å². The quantitative estimate of drug-likeness (QED) is 0.723. The van der Waals surface area contributed by atoms with Gasteiger partial charge in [-0.2, -0.15) is 0 Å². The number of carbonyl (C=O) groups is 1. The third-order valence-electron chi connectivity index (χ3n) is 3.11. The van der Waals surface area contributed by atoms with Crippen LogP contribution < -0.4 is 10.1 Å². The van der Waals surface area contributed by atoms with Gasteiger partial charge in [-0.3, -0.25) is 4.79 Å². The Balaban J connectivity index is 1.65. The molecule has 0 heterocycles. The van der Waals surface area contributed by atoms with Crippen molar-refractivity contribution in [2.45, 2.75) is 12.8 Å². The predicted molar refractivity (Wildman–Crippen MR) is 87.6 cm³/mol. The average Bonchev–Trinajstić information content (AvgIpc) is 2.52. The van der Waals surface area contributed by atoms with Crippen LogP contribution in [-0.4, -0.2) is 19.1 Å². The fourth-order valence-electron chi connectivity index (χ4n) is 1.92. The van der Waals surface area contributed by atoms with Gasteiger partial charge in [0.05, 0.1) is 12.2 Å². The molecule has 0 bridgehead atoms. The Morgan fingerprint density at radius 1 is 1.09 bits per heavy atom. The second kappa shape index (κ2) is 8.62. The molecule has 0 radical (unpaired) electrons. The Labute approximate surface area is 141 Å². The third kappa shape index (κ3) is 5.63. The predicted octanol–water partition coefficient (Wildman–Crippen LogP) is 4.32. The van der Waals surface area contributed by atoms with Crippen LogP contribution in [0.1, 0.15) is 23.2 Å². The monoisotopic (exact) mass is 383 g/mol. The van der Waals surface area contributed by atoms with E-state index >= 15 is 0 Å². The normalized spacial score (nSPS) is 10.4. The molecule has 6 heteroatoms. The Morgan fingerprint density at radius 2 is 1.83 bits per heavy atom. The fraction of sp³-hybridized carbons (Fsp3) is 0.235. The van der Waals surface area contributed by atoms with Crippen molar-refractivity contribution in [3.8, 4) is 5.75 Å². The van der Waals surface area contributed by atoms with Crippen molar-refractivity contribution in [1.82, 2.24) is 5.32 Å². The lowest BCUT2D eigenvalue weighted by Gasteiger charge is -2.08. The van der Waals surface area contributed by atoms with Gasteiger partial charge in [-0.05, 0) is 55.3 Å². The molecule has 1 N–H and O–H groups in total. The minimum atomic E-state index is -0.559. The minimum Gasteiger partial charge on any atom is -0.494 e. The van der Waals surface area contributed by atoms with E-state index in [-0.39, 0.29) is 11.4 Å². The van der Waals surface area contributed by atoms with Gasteiger partial charge in [0.15, 0.2) is 0 Å². The zero-order chi connectivity index (χ0) is 16.7. The molecule has 3 nitrogen and oxygen atoms in total. The molecular weight excluding hydrogens is 368 g/mol. The number of halogens is 3. The molecule has 2 aromatic carbocycles. The van der Waals surface area contributed by atoms with Gasteiger partial charge in [-0.15, -0.1) is 0 Å². The van der Waals surface area contributed by atoms with Gasteiger partial charge in [-0.25, -0.2) is 8.78 Å². The molecule has 0 atom stereocenters. The number of unbranched alkanes of at least 4 members (excludes halogenated alkanes) is 1. The summed E-state index contributed by atoms with van der Waals surface area (Å²) in [6, 6.07) is 10.1. The molecule has 2 aromatic rings. The molecule has 23 heavy (non-hydrogen) atoms. The number of carbonyl (C=O) groups excluding carboxylic acids is 1. The number of hydrogen-bond donors (Lipinski definition) is 1. The van der Waals surface area contributed by atoms with Gasteiger partial charge >= 0.3 is 0 Å². The number of hydrogen-bond acceptors (Lipinski definition) is 2. The maximum atomic E-state index is 13.6. The molecule has 122 valence electrons. The first-order valence-electron chi connectivity index (χ1n) is 7.18. The summed E-state index contributed by atoms with van der Waals surface area (Å²) in [6.07, 6.45) is 1.42. The number of amides is 1. The zero-order valence-corrected chi connectivity index (χ0v) is 13.9. The summed E-state index contributed by atoms with van der Waals surface area (Å²) in [7, 11) is 0. The summed E-state index contributed by atoms with van der Waals surface area (Å²) in [5, 5.41) is 2.67. The first kappa shape index (κ1) is 17.4. The van der Waals surface area contributed by atoms with E-state index in [0.717, 1.165) is 6.42 Å². The number of benzene rings is 2. The third-order valence-corrected chi connectivity index (χ3v) is 3.61. The van der Waals surface area contributed by atoms with Crippen molar-refractivity contribution in [3.05, 3.63) is 64.1 Å². The lowest BCUT2D eigenvalue weighted by molar-refractivity contribution is 0.0948. The highest BCUT2D eigenvalue weighted by molar-refractivity contribution is 9.10. The van der Waals surface area contributed by atoms with E-state index in [9.17, 15) is 13.6 Å². The molecule has 1 amide bonds. The highest BCUT2D eigenvalue weighted by atomic mass is 79.9. The summed E-state index contributed by atoms with van der Waals surface area (Å²) in [4.78, 5) is 11.8. The van der Waals surface area contributed by atoms with E-state index in [2.05, 4.69) is 21.2 Å². The first-order valence-corrected chi connectivity index (χ1v) is 7.97. The van der Waals surface area contributed by atoms with Crippen molar-refractivity contribution in [2.24, 2.45) is 0 Å². The zero-order valence-electron chi connectivity index (χ0n) is 12.3. The fourth-order valence-corrected chi connectivity index (χ4v) is 2.25. The number of ether oxygens (including phenoxy) is 1. The van der Waals surface area contributed by atoms with Gasteiger partial charge in [0, 0.05) is 11.0 Å². The van der Waals surface area contributed by atoms with E-state index in [1.54, 1.807) is 18.2 Å². The van der Waals surface area contributed by atoms with Crippen molar-refractivity contribution >= 4 is 21.8 Å². The van der Waals surface area contributed by atoms with Crippen LogP contribution >= 0.6 is 15.9 Å². The molecular formula is C17H16BrF2NO2. The minimum absolute atomic E-state index is 0.0239. The second-order valence-corrected chi connectivity index (χ2v) is 5.81. The average molecular weight is 384 g/mol. The van der Waals surface area contributed by atoms with Crippen LogP contribution in [0.4, 0.5) is 8.78 Å². The molecule has 0 unspecified atom stereocenters. The van der Waals surface area contributed by atoms with Crippen molar-refractivity contribution in [3.63, 3.8) is 0 Å². The van der Waals surface area contributed by atoms with E-state index in [0.29, 0.717) is 29.8 Å². The lowest BCUT2D eigenvalue weighted by Crippen LogP contribution is -2.25. The molecule has 0 saturated carbocycles.